The Morgan fingerprint density at radius 1 is 1.16 bits per heavy atom. The topological polar surface area (TPSA) is 39.4 Å². The van der Waals surface area contributed by atoms with Crippen LogP contribution in [0.25, 0.3) is 0 Å². The van der Waals surface area contributed by atoms with E-state index in [-0.39, 0.29) is 5.60 Å². The number of hydrogen-bond donors (Lipinski definition) is 0. The zero-order valence-corrected chi connectivity index (χ0v) is 11.0. The van der Waals surface area contributed by atoms with Gasteiger partial charge in [-0.15, -0.1) is 0 Å². The third-order valence-electron chi connectivity index (χ3n) is 3.16. The third-order valence-corrected chi connectivity index (χ3v) is 3.16. The molecule has 0 aliphatic carbocycles. The molecule has 0 radical (unpaired) electrons. The Morgan fingerprint density at radius 2 is 1.89 bits per heavy atom. The van der Waals surface area contributed by atoms with Gasteiger partial charge >= 0.3 is 0 Å². The van der Waals surface area contributed by atoms with Crippen LogP contribution in [0, 0.1) is 5.21 Å². The molecule has 2 heterocycles. The molecular formula is C15H16N2O2. The molecule has 0 unspecified atom stereocenters. The molecule has 4 nitrogen and oxygen atoms in total. The Balaban J connectivity index is 2.14. The molecule has 0 saturated heterocycles. The fourth-order valence-corrected chi connectivity index (χ4v) is 2.40. The summed E-state index contributed by atoms with van der Waals surface area (Å²) in [6.45, 7) is 4.68. The van der Waals surface area contributed by atoms with E-state index in [1.807, 2.05) is 55.1 Å². The Kier molecular flexibility index (Phi) is 2.59. The van der Waals surface area contributed by atoms with Crippen molar-refractivity contribution in [2.24, 2.45) is 0 Å². The molecule has 0 N–H and O–H groups in total. The summed E-state index contributed by atoms with van der Waals surface area (Å²) in [7, 11) is 0. The first-order chi connectivity index (χ1) is 9.07. The van der Waals surface area contributed by atoms with Crippen molar-refractivity contribution in [3.8, 4) is 5.75 Å². The van der Waals surface area contributed by atoms with Crippen LogP contribution in [-0.2, 0) is 0 Å². The second-order valence-corrected chi connectivity index (χ2v) is 5.30. The van der Waals surface area contributed by atoms with E-state index in [1.165, 1.54) is 6.20 Å². The van der Waals surface area contributed by atoms with Crippen molar-refractivity contribution in [3.63, 3.8) is 0 Å². The maximum absolute atomic E-state index is 12.0. The number of rotatable bonds is 1. The van der Waals surface area contributed by atoms with Crippen molar-refractivity contribution in [2.45, 2.75) is 19.4 Å². The molecule has 1 aromatic heterocycles. The highest BCUT2D eigenvalue weighted by molar-refractivity contribution is 5.67. The number of aromatic nitrogens is 1. The minimum Gasteiger partial charge on any atom is -0.711 e. The monoisotopic (exact) mass is 256 g/mol. The van der Waals surface area contributed by atoms with Crippen LogP contribution in [0.1, 0.15) is 13.8 Å². The predicted octanol–water partition coefficient (Wildman–Crippen LogP) is 2.63. The zero-order valence-electron chi connectivity index (χ0n) is 11.0. The number of para-hydroxylation sites is 2. The van der Waals surface area contributed by atoms with Crippen LogP contribution in [0.4, 0.5) is 11.5 Å². The minimum absolute atomic E-state index is 0.336. The van der Waals surface area contributed by atoms with E-state index in [9.17, 15) is 5.21 Å². The molecule has 4 heteroatoms. The molecule has 0 atom stereocenters. The molecule has 1 aliphatic heterocycles. The van der Waals surface area contributed by atoms with E-state index in [1.54, 1.807) is 6.07 Å². The van der Waals surface area contributed by atoms with Crippen LogP contribution < -0.4 is 14.4 Å². The summed E-state index contributed by atoms with van der Waals surface area (Å²) in [5.74, 6) is 1.42. The maximum Gasteiger partial charge on any atom is 0.285 e. The number of pyridine rings is 1. The van der Waals surface area contributed by atoms with E-state index in [0.717, 1.165) is 16.2 Å². The van der Waals surface area contributed by atoms with Gasteiger partial charge in [-0.25, -0.2) is 9.63 Å². The number of anilines is 2. The number of benzene rings is 1. The van der Waals surface area contributed by atoms with Gasteiger partial charge in [0.1, 0.15) is 12.1 Å². The van der Waals surface area contributed by atoms with Crippen molar-refractivity contribution in [3.05, 3.63) is 53.9 Å². The summed E-state index contributed by atoms with van der Waals surface area (Å²) >= 11 is 0. The number of ether oxygens (including phenoxy) is 1. The van der Waals surface area contributed by atoms with Gasteiger partial charge in [-0.3, -0.25) is 0 Å². The summed E-state index contributed by atoms with van der Waals surface area (Å²) in [5.41, 5.74) is 0.592. The van der Waals surface area contributed by atoms with Crippen LogP contribution in [-0.4, -0.2) is 12.1 Å². The molecule has 0 fully saturated rings. The third kappa shape index (κ3) is 2.10. The van der Waals surface area contributed by atoms with Crippen LogP contribution in [0.2, 0.25) is 0 Å². The highest BCUT2D eigenvalue weighted by atomic mass is 16.5. The van der Waals surface area contributed by atoms with Gasteiger partial charge < -0.3 is 9.94 Å². The normalized spacial score (nSPS) is 16.6. The molecular weight excluding hydrogens is 240 g/mol. The van der Waals surface area contributed by atoms with Gasteiger partial charge in [0.25, 0.3) is 5.82 Å². The van der Waals surface area contributed by atoms with E-state index in [4.69, 9.17) is 4.74 Å². The van der Waals surface area contributed by atoms with Crippen LogP contribution >= 0.6 is 0 Å². The predicted molar refractivity (Wildman–Crippen MR) is 73.6 cm³/mol. The van der Waals surface area contributed by atoms with E-state index in [2.05, 4.69) is 0 Å². The smallest absolute Gasteiger partial charge is 0.285 e. The first-order valence-corrected chi connectivity index (χ1v) is 6.31. The fourth-order valence-electron chi connectivity index (χ4n) is 2.40. The molecule has 2 aromatic rings. The lowest BCUT2D eigenvalue weighted by Crippen LogP contribution is -2.48. The van der Waals surface area contributed by atoms with Gasteiger partial charge in [0.15, 0.2) is 11.4 Å². The minimum atomic E-state index is -0.336. The standard InChI is InChI=1S/C15H16N2O2/c1-15(2)11-16(14-9-5-6-10-17(14)18)12-7-3-4-8-13(12)19-15/h3-10H,11H2,1-2H3. The molecule has 0 bridgehead atoms. The highest BCUT2D eigenvalue weighted by Crippen LogP contribution is 2.39. The SMILES string of the molecule is CC1(C)CN(c2cccc[n+]2[O-])c2ccccc2O1. The zero-order chi connectivity index (χ0) is 13.5. The highest BCUT2D eigenvalue weighted by Gasteiger charge is 2.37. The van der Waals surface area contributed by atoms with Gasteiger partial charge in [-0.1, -0.05) is 18.2 Å². The number of nitrogens with zero attached hydrogens (tertiary/aromatic N) is 2. The van der Waals surface area contributed by atoms with Crippen molar-refractivity contribution >= 4 is 11.5 Å². The van der Waals surface area contributed by atoms with Gasteiger partial charge in [0.05, 0.1) is 6.20 Å². The van der Waals surface area contributed by atoms with Crippen molar-refractivity contribution in [1.29, 1.82) is 0 Å². The summed E-state index contributed by atoms with van der Waals surface area (Å²) < 4.78 is 6.84. The lowest BCUT2D eigenvalue weighted by atomic mass is 10.1. The molecule has 19 heavy (non-hydrogen) atoms. The second-order valence-electron chi connectivity index (χ2n) is 5.30. The largest absolute Gasteiger partial charge is 0.711 e. The van der Waals surface area contributed by atoms with Gasteiger partial charge in [0.2, 0.25) is 0 Å². The number of hydrogen-bond acceptors (Lipinski definition) is 3. The molecule has 0 saturated carbocycles. The molecule has 0 spiro atoms. The average Bonchev–Trinajstić information content (AvgIpc) is 2.37. The van der Waals surface area contributed by atoms with Crippen LogP contribution in [0.15, 0.2) is 48.7 Å². The van der Waals surface area contributed by atoms with Crippen molar-refractivity contribution < 1.29 is 9.47 Å². The summed E-state index contributed by atoms with van der Waals surface area (Å²) in [6, 6.07) is 13.2. The van der Waals surface area contributed by atoms with E-state index in [0.29, 0.717) is 12.4 Å². The second kappa shape index (κ2) is 4.16. The molecule has 0 amide bonds. The Bertz CT molecular complexity index is 611. The Hall–Kier alpha value is -2.23. The summed E-state index contributed by atoms with van der Waals surface area (Å²) in [5, 5.41) is 12.0. The van der Waals surface area contributed by atoms with Gasteiger partial charge in [0, 0.05) is 6.07 Å². The summed E-state index contributed by atoms with van der Waals surface area (Å²) in [4.78, 5) is 2.01. The first kappa shape index (κ1) is 11.8. The molecule has 1 aromatic carbocycles. The Morgan fingerprint density at radius 3 is 2.68 bits per heavy atom. The fraction of sp³-hybridized carbons (Fsp3) is 0.267. The first-order valence-electron chi connectivity index (χ1n) is 6.31. The van der Waals surface area contributed by atoms with Crippen LogP contribution in [0.5, 0.6) is 5.75 Å². The average molecular weight is 256 g/mol. The summed E-state index contributed by atoms with van der Waals surface area (Å²) in [6.07, 6.45) is 1.51. The lowest BCUT2D eigenvalue weighted by Gasteiger charge is -2.36. The number of fused-ring (bicyclic) bond motifs is 1. The van der Waals surface area contributed by atoms with Crippen molar-refractivity contribution in [1.82, 2.24) is 0 Å². The van der Waals surface area contributed by atoms with E-state index < -0.39 is 0 Å². The van der Waals surface area contributed by atoms with Gasteiger partial charge in [-0.05, 0) is 32.0 Å². The maximum atomic E-state index is 12.0. The van der Waals surface area contributed by atoms with E-state index >= 15 is 0 Å². The van der Waals surface area contributed by atoms with Gasteiger partial charge in [-0.2, -0.15) is 0 Å². The van der Waals surface area contributed by atoms with Crippen LogP contribution in [0.3, 0.4) is 0 Å². The Labute approximate surface area is 112 Å². The molecule has 1 aliphatic rings. The lowest BCUT2D eigenvalue weighted by molar-refractivity contribution is -0.592. The van der Waals surface area contributed by atoms with Crippen molar-refractivity contribution in [2.75, 3.05) is 11.4 Å². The molecule has 98 valence electrons. The quantitative estimate of drug-likeness (QED) is 0.581. The molecule has 3 rings (SSSR count).